The van der Waals surface area contributed by atoms with Crippen molar-refractivity contribution in [1.29, 1.82) is 0 Å². The SMILES string of the molecule is CCN(CC)C(=O)C(C)SCCC(N)C(=O)OC. The number of methoxy groups -OCH3 is 1. The van der Waals surface area contributed by atoms with Crippen molar-refractivity contribution in [2.45, 2.75) is 38.5 Å². The van der Waals surface area contributed by atoms with Crippen LogP contribution in [0.5, 0.6) is 0 Å². The molecule has 0 aliphatic heterocycles. The maximum atomic E-state index is 12.0. The van der Waals surface area contributed by atoms with Gasteiger partial charge in [0.15, 0.2) is 0 Å². The van der Waals surface area contributed by atoms with E-state index in [2.05, 4.69) is 4.74 Å². The summed E-state index contributed by atoms with van der Waals surface area (Å²) in [5.41, 5.74) is 5.62. The summed E-state index contributed by atoms with van der Waals surface area (Å²) in [5, 5.41) is -0.102. The zero-order valence-electron chi connectivity index (χ0n) is 11.6. The Balaban J connectivity index is 4.00. The number of nitrogens with zero attached hydrogens (tertiary/aromatic N) is 1. The highest BCUT2D eigenvalue weighted by Crippen LogP contribution is 2.15. The fourth-order valence-electron chi connectivity index (χ4n) is 1.50. The second-order valence-corrected chi connectivity index (χ2v) is 5.39. The zero-order chi connectivity index (χ0) is 14.1. The molecule has 2 N–H and O–H groups in total. The van der Waals surface area contributed by atoms with E-state index in [1.807, 2.05) is 20.8 Å². The lowest BCUT2D eigenvalue weighted by Crippen LogP contribution is -2.37. The minimum Gasteiger partial charge on any atom is -0.468 e. The van der Waals surface area contributed by atoms with Crippen molar-refractivity contribution in [1.82, 2.24) is 4.90 Å². The molecule has 6 heteroatoms. The van der Waals surface area contributed by atoms with E-state index in [-0.39, 0.29) is 11.2 Å². The average Bonchev–Trinajstić information content (AvgIpc) is 2.38. The Morgan fingerprint density at radius 3 is 2.33 bits per heavy atom. The molecule has 18 heavy (non-hydrogen) atoms. The highest BCUT2D eigenvalue weighted by atomic mass is 32.2. The summed E-state index contributed by atoms with van der Waals surface area (Å²) in [6, 6.07) is -0.599. The monoisotopic (exact) mass is 276 g/mol. The molecule has 0 radical (unpaired) electrons. The van der Waals surface area contributed by atoms with Crippen molar-refractivity contribution in [2.24, 2.45) is 5.73 Å². The maximum Gasteiger partial charge on any atom is 0.322 e. The number of ether oxygens (including phenoxy) is 1. The second kappa shape index (κ2) is 9.22. The smallest absolute Gasteiger partial charge is 0.322 e. The molecular weight excluding hydrogens is 252 g/mol. The molecule has 0 aromatic rings. The predicted molar refractivity (Wildman–Crippen MR) is 74.5 cm³/mol. The van der Waals surface area contributed by atoms with Gasteiger partial charge in [0.25, 0.3) is 0 Å². The van der Waals surface area contributed by atoms with Gasteiger partial charge in [-0.25, -0.2) is 0 Å². The second-order valence-electron chi connectivity index (χ2n) is 3.94. The minimum atomic E-state index is -0.599. The Kier molecular flexibility index (Phi) is 8.83. The summed E-state index contributed by atoms with van der Waals surface area (Å²) in [6.45, 7) is 7.26. The van der Waals surface area contributed by atoms with Crippen LogP contribution in [-0.4, -0.2) is 54.0 Å². The van der Waals surface area contributed by atoms with Crippen LogP contribution in [0.3, 0.4) is 0 Å². The van der Waals surface area contributed by atoms with Crippen LogP contribution < -0.4 is 5.73 Å². The third kappa shape index (κ3) is 5.73. The summed E-state index contributed by atoms with van der Waals surface area (Å²) in [7, 11) is 1.32. The Labute approximate surface area is 113 Å². The Hall–Kier alpha value is -0.750. The van der Waals surface area contributed by atoms with E-state index in [0.29, 0.717) is 12.2 Å². The summed E-state index contributed by atoms with van der Waals surface area (Å²) >= 11 is 1.52. The van der Waals surface area contributed by atoms with Gasteiger partial charge in [-0.1, -0.05) is 0 Å². The van der Waals surface area contributed by atoms with Gasteiger partial charge in [-0.3, -0.25) is 9.59 Å². The maximum absolute atomic E-state index is 12.0. The molecule has 0 saturated heterocycles. The van der Waals surface area contributed by atoms with Crippen LogP contribution >= 0.6 is 11.8 Å². The number of thioether (sulfide) groups is 1. The number of amides is 1. The molecule has 0 bridgehead atoms. The van der Waals surface area contributed by atoms with E-state index < -0.39 is 12.0 Å². The first-order chi connectivity index (χ1) is 8.47. The average molecular weight is 276 g/mol. The van der Waals surface area contributed by atoms with Crippen molar-refractivity contribution in [2.75, 3.05) is 26.0 Å². The third-order valence-electron chi connectivity index (χ3n) is 2.72. The highest BCUT2D eigenvalue weighted by Gasteiger charge is 2.19. The van der Waals surface area contributed by atoms with Gasteiger partial charge in [0.1, 0.15) is 6.04 Å². The molecule has 0 saturated carbocycles. The normalized spacial score (nSPS) is 13.8. The number of nitrogens with two attached hydrogens (primary N) is 1. The molecule has 0 spiro atoms. The van der Waals surface area contributed by atoms with Crippen molar-refractivity contribution in [3.63, 3.8) is 0 Å². The van der Waals surface area contributed by atoms with Crippen LogP contribution in [-0.2, 0) is 14.3 Å². The Bertz CT molecular complexity index is 270. The van der Waals surface area contributed by atoms with Gasteiger partial charge in [0.2, 0.25) is 5.91 Å². The molecule has 0 heterocycles. The van der Waals surface area contributed by atoms with Gasteiger partial charge < -0.3 is 15.4 Å². The van der Waals surface area contributed by atoms with Crippen LogP contribution in [0.2, 0.25) is 0 Å². The summed E-state index contributed by atoms with van der Waals surface area (Å²) < 4.78 is 4.54. The first-order valence-corrected chi connectivity index (χ1v) is 7.26. The quantitative estimate of drug-likeness (QED) is 0.666. The number of hydrogen-bond acceptors (Lipinski definition) is 5. The van der Waals surface area contributed by atoms with E-state index in [9.17, 15) is 9.59 Å². The van der Waals surface area contributed by atoms with E-state index in [1.165, 1.54) is 18.9 Å². The van der Waals surface area contributed by atoms with E-state index in [0.717, 1.165) is 13.1 Å². The highest BCUT2D eigenvalue weighted by molar-refractivity contribution is 8.00. The molecule has 0 aliphatic carbocycles. The van der Waals surface area contributed by atoms with Gasteiger partial charge in [0.05, 0.1) is 12.4 Å². The van der Waals surface area contributed by atoms with Crippen LogP contribution in [0.4, 0.5) is 0 Å². The van der Waals surface area contributed by atoms with Gasteiger partial charge in [-0.05, 0) is 32.9 Å². The van der Waals surface area contributed by atoms with Gasteiger partial charge in [-0.15, -0.1) is 11.8 Å². The Morgan fingerprint density at radius 1 is 1.33 bits per heavy atom. The first-order valence-electron chi connectivity index (χ1n) is 6.21. The van der Waals surface area contributed by atoms with E-state index >= 15 is 0 Å². The lowest BCUT2D eigenvalue weighted by Gasteiger charge is -2.22. The minimum absolute atomic E-state index is 0.102. The first kappa shape index (κ1) is 17.2. The van der Waals surface area contributed by atoms with Gasteiger partial charge in [-0.2, -0.15) is 0 Å². The van der Waals surface area contributed by atoms with E-state index in [4.69, 9.17) is 5.73 Å². The van der Waals surface area contributed by atoms with Crippen LogP contribution in [0.1, 0.15) is 27.2 Å². The largest absolute Gasteiger partial charge is 0.468 e. The molecular formula is C12H24N2O3S. The number of esters is 1. The van der Waals surface area contributed by atoms with Crippen LogP contribution in [0, 0.1) is 0 Å². The molecule has 1 amide bonds. The molecule has 0 aliphatic rings. The van der Waals surface area contributed by atoms with Crippen molar-refractivity contribution < 1.29 is 14.3 Å². The number of carbonyl (C=O) groups is 2. The molecule has 5 nitrogen and oxygen atoms in total. The van der Waals surface area contributed by atoms with Crippen molar-refractivity contribution in [3.8, 4) is 0 Å². The summed E-state index contributed by atoms with van der Waals surface area (Å²) in [5.74, 6) is 0.403. The molecule has 2 unspecified atom stereocenters. The lowest BCUT2D eigenvalue weighted by molar-refractivity contribution is -0.142. The van der Waals surface area contributed by atoms with Gasteiger partial charge in [0, 0.05) is 13.1 Å². The molecule has 0 aromatic heterocycles. The zero-order valence-corrected chi connectivity index (χ0v) is 12.5. The summed E-state index contributed by atoms with van der Waals surface area (Å²) in [4.78, 5) is 24.8. The number of hydrogen-bond donors (Lipinski definition) is 1. The van der Waals surface area contributed by atoms with Crippen molar-refractivity contribution >= 4 is 23.6 Å². The fraction of sp³-hybridized carbons (Fsp3) is 0.833. The van der Waals surface area contributed by atoms with Gasteiger partial charge >= 0.3 is 5.97 Å². The Morgan fingerprint density at radius 2 is 1.89 bits per heavy atom. The standard InChI is InChI=1S/C12H24N2O3S/c1-5-14(6-2)11(15)9(3)18-8-7-10(13)12(16)17-4/h9-10H,5-8,13H2,1-4H3. The van der Waals surface area contributed by atoms with Crippen LogP contribution in [0.25, 0.3) is 0 Å². The molecule has 0 fully saturated rings. The lowest BCUT2D eigenvalue weighted by atomic mass is 10.2. The van der Waals surface area contributed by atoms with E-state index in [1.54, 1.807) is 4.90 Å². The molecule has 0 aromatic carbocycles. The van der Waals surface area contributed by atoms with Crippen LogP contribution in [0.15, 0.2) is 0 Å². The number of carbonyl (C=O) groups excluding carboxylic acids is 2. The molecule has 0 rings (SSSR count). The van der Waals surface area contributed by atoms with Crippen molar-refractivity contribution in [3.05, 3.63) is 0 Å². The topological polar surface area (TPSA) is 72.6 Å². The summed E-state index contributed by atoms with van der Waals surface area (Å²) in [6.07, 6.45) is 0.521. The number of rotatable bonds is 8. The molecule has 2 atom stereocenters. The molecule has 106 valence electrons. The predicted octanol–water partition coefficient (Wildman–Crippen LogP) is 0.867. The fourth-order valence-corrected chi connectivity index (χ4v) is 2.54. The third-order valence-corrected chi connectivity index (χ3v) is 3.90.